The molecule has 28 heavy (non-hydrogen) atoms. The molecule has 148 valence electrons. The van der Waals surface area contributed by atoms with Crippen LogP contribution in [0.25, 0.3) is 22.3 Å². The smallest absolute Gasteiger partial charge is 0.416 e. The van der Waals surface area contributed by atoms with Crippen LogP contribution < -0.4 is 21.5 Å². The number of aryl methyl sites for hydroxylation is 1. The van der Waals surface area contributed by atoms with Crippen molar-refractivity contribution in [1.29, 1.82) is 0 Å². The highest BCUT2D eigenvalue weighted by atomic mass is 79.9. The number of rotatable bonds is 4. The summed E-state index contributed by atoms with van der Waals surface area (Å²) in [6.45, 7) is 4.17. The van der Waals surface area contributed by atoms with Gasteiger partial charge >= 0.3 is 6.18 Å². The zero-order valence-electron chi connectivity index (χ0n) is 15.8. The van der Waals surface area contributed by atoms with Crippen LogP contribution >= 0.6 is 11.8 Å². The van der Waals surface area contributed by atoms with Gasteiger partial charge in [-0.25, -0.2) is 4.57 Å². The molecule has 0 aliphatic heterocycles. The normalized spacial score (nSPS) is 11.4. The van der Waals surface area contributed by atoms with Gasteiger partial charge in [0.2, 0.25) is 0 Å². The van der Waals surface area contributed by atoms with E-state index in [9.17, 15) is 13.2 Å². The fourth-order valence-corrected chi connectivity index (χ4v) is 4.03. The van der Waals surface area contributed by atoms with Crippen LogP contribution in [0.5, 0.6) is 0 Å². The average molecular weight is 468 g/mol. The van der Waals surface area contributed by atoms with Gasteiger partial charge in [0.1, 0.15) is 7.05 Å². The molecule has 1 aromatic heterocycles. The summed E-state index contributed by atoms with van der Waals surface area (Å²) >= 11 is 1.67. The fraction of sp³-hybridized carbons (Fsp3) is 0.227. The van der Waals surface area contributed by atoms with E-state index in [-0.39, 0.29) is 17.0 Å². The molecule has 0 atom stereocenters. The molecule has 3 rings (SSSR count). The highest BCUT2D eigenvalue weighted by Crippen LogP contribution is 2.41. The number of hydrogen-bond acceptors (Lipinski definition) is 1. The van der Waals surface area contributed by atoms with Crippen molar-refractivity contribution in [2.75, 3.05) is 0 Å². The van der Waals surface area contributed by atoms with E-state index in [0.29, 0.717) is 10.8 Å². The summed E-state index contributed by atoms with van der Waals surface area (Å²) in [5.74, 6) is 0. The summed E-state index contributed by atoms with van der Waals surface area (Å²) in [4.78, 5) is 0.994. The van der Waals surface area contributed by atoms with E-state index in [0.717, 1.165) is 27.7 Å². The van der Waals surface area contributed by atoms with E-state index in [1.807, 2.05) is 54.3 Å². The summed E-state index contributed by atoms with van der Waals surface area (Å²) in [7, 11) is 1.90. The second-order valence-electron chi connectivity index (χ2n) is 6.69. The van der Waals surface area contributed by atoms with Gasteiger partial charge in [0, 0.05) is 10.1 Å². The lowest BCUT2D eigenvalue weighted by molar-refractivity contribution is -0.670. The Morgan fingerprint density at radius 2 is 1.43 bits per heavy atom. The number of nitrogens with zero attached hydrogens (tertiary/aromatic N) is 1. The molecule has 0 N–H and O–H groups in total. The predicted molar refractivity (Wildman–Crippen MR) is 104 cm³/mol. The van der Waals surface area contributed by atoms with Gasteiger partial charge in [0.15, 0.2) is 12.4 Å². The van der Waals surface area contributed by atoms with E-state index in [1.165, 1.54) is 12.1 Å². The Morgan fingerprint density at radius 1 is 0.857 bits per heavy atom. The molecule has 2 aromatic carbocycles. The maximum absolute atomic E-state index is 13.2. The largest absolute Gasteiger partial charge is 1.00 e. The van der Waals surface area contributed by atoms with Crippen molar-refractivity contribution in [2.24, 2.45) is 7.05 Å². The van der Waals surface area contributed by atoms with Crippen molar-refractivity contribution in [3.8, 4) is 22.3 Å². The van der Waals surface area contributed by atoms with Crippen molar-refractivity contribution in [1.82, 2.24) is 0 Å². The molecule has 0 saturated heterocycles. The Labute approximate surface area is 178 Å². The Bertz CT molecular complexity index is 940. The second-order valence-corrected chi connectivity index (χ2v) is 8.28. The van der Waals surface area contributed by atoms with Gasteiger partial charge in [-0.2, -0.15) is 13.2 Å². The van der Waals surface area contributed by atoms with Gasteiger partial charge < -0.3 is 17.0 Å². The van der Waals surface area contributed by atoms with E-state index < -0.39 is 11.7 Å². The molecule has 0 amide bonds. The lowest BCUT2D eigenvalue weighted by Crippen LogP contribution is -3.00. The molecule has 3 aromatic rings. The third-order valence-electron chi connectivity index (χ3n) is 4.09. The van der Waals surface area contributed by atoms with Crippen molar-refractivity contribution < 1.29 is 34.7 Å². The van der Waals surface area contributed by atoms with Crippen LogP contribution in [0.4, 0.5) is 13.2 Å². The third-order valence-corrected chi connectivity index (χ3v) is 5.24. The first kappa shape index (κ1) is 22.5. The first-order valence-corrected chi connectivity index (χ1v) is 9.56. The highest BCUT2D eigenvalue weighted by molar-refractivity contribution is 8.00. The van der Waals surface area contributed by atoms with Crippen LogP contribution in [-0.2, 0) is 13.2 Å². The van der Waals surface area contributed by atoms with Crippen LogP contribution in [-0.4, -0.2) is 5.25 Å². The summed E-state index contributed by atoms with van der Waals surface area (Å²) in [6.07, 6.45) is -0.440. The van der Waals surface area contributed by atoms with Crippen LogP contribution in [0.1, 0.15) is 19.4 Å². The molecule has 0 radical (unpaired) electrons. The highest BCUT2D eigenvalue weighted by Gasteiger charge is 2.31. The van der Waals surface area contributed by atoms with E-state index in [1.54, 1.807) is 17.8 Å². The molecule has 0 aliphatic carbocycles. The number of aromatic nitrogens is 1. The Morgan fingerprint density at radius 3 is 2.00 bits per heavy atom. The molecule has 0 fully saturated rings. The quantitative estimate of drug-likeness (QED) is 0.420. The Hall–Kier alpha value is -1.79. The number of thioether (sulfide) groups is 1. The van der Waals surface area contributed by atoms with E-state index in [4.69, 9.17) is 0 Å². The number of halogens is 4. The summed E-state index contributed by atoms with van der Waals surface area (Å²) < 4.78 is 41.5. The van der Waals surface area contributed by atoms with Gasteiger partial charge in [-0.05, 0) is 23.3 Å². The maximum atomic E-state index is 13.2. The Balaban J connectivity index is 0.00000280. The summed E-state index contributed by atoms with van der Waals surface area (Å²) in [5, 5.41) is 0.296. The topological polar surface area (TPSA) is 3.88 Å². The van der Waals surface area contributed by atoms with Crippen LogP contribution in [0, 0.1) is 0 Å². The first-order chi connectivity index (χ1) is 12.8. The molecule has 0 aliphatic rings. The minimum Gasteiger partial charge on any atom is -1.00 e. The molecular formula is C22H21BrF3NS. The van der Waals surface area contributed by atoms with Gasteiger partial charge in [-0.15, -0.1) is 11.8 Å². The predicted octanol–water partition coefficient (Wildman–Crippen LogP) is 3.37. The number of benzene rings is 2. The number of pyridine rings is 1. The van der Waals surface area contributed by atoms with Gasteiger partial charge in [-0.1, -0.05) is 56.3 Å². The van der Waals surface area contributed by atoms with Crippen molar-refractivity contribution in [3.05, 3.63) is 72.6 Å². The van der Waals surface area contributed by atoms with Gasteiger partial charge in [0.05, 0.1) is 16.7 Å². The van der Waals surface area contributed by atoms with Crippen molar-refractivity contribution >= 4 is 11.8 Å². The van der Waals surface area contributed by atoms with E-state index >= 15 is 0 Å². The molecular weight excluding hydrogens is 447 g/mol. The first-order valence-electron chi connectivity index (χ1n) is 8.68. The van der Waals surface area contributed by atoms with Gasteiger partial charge in [0.25, 0.3) is 0 Å². The molecule has 6 heteroatoms. The van der Waals surface area contributed by atoms with Crippen LogP contribution in [0.2, 0.25) is 0 Å². The summed E-state index contributed by atoms with van der Waals surface area (Å²) in [6, 6.07) is 15.5. The Kier molecular flexibility index (Phi) is 7.34. The minimum absolute atomic E-state index is 0. The van der Waals surface area contributed by atoms with Crippen LogP contribution in [0.3, 0.4) is 0 Å². The minimum atomic E-state index is -4.36. The molecule has 0 spiro atoms. The lowest BCUT2D eigenvalue weighted by atomic mass is 10.00. The zero-order valence-corrected chi connectivity index (χ0v) is 18.2. The molecule has 0 bridgehead atoms. The monoisotopic (exact) mass is 467 g/mol. The third kappa shape index (κ3) is 5.17. The fourth-order valence-electron chi connectivity index (χ4n) is 2.96. The number of hydrogen-bond donors (Lipinski definition) is 0. The SMILES string of the molecule is CC(C)Sc1c(-c2ccccc2)c[n+](C)cc1-c1cccc(C(F)(F)F)c1.[Br-]. The second kappa shape index (κ2) is 9.14. The standard InChI is InChI=1S/C22H21F3NS.BrH/c1-15(2)27-21-19(16-8-5-4-6-9-16)13-26(3)14-20(21)17-10-7-11-18(12-17)22(23,24)25;/h4-15H,1-3H3;1H/q+1;/p-1. The lowest BCUT2D eigenvalue weighted by Gasteiger charge is -2.16. The molecule has 1 heterocycles. The average Bonchev–Trinajstić information content (AvgIpc) is 2.62. The van der Waals surface area contributed by atoms with Crippen molar-refractivity contribution in [3.63, 3.8) is 0 Å². The molecule has 0 saturated carbocycles. The number of alkyl halides is 3. The molecule has 1 nitrogen and oxygen atoms in total. The van der Waals surface area contributed by atoms with E-state index in [2.05, 4.69) is 13.8 Å². The van der Waals surface area contributed by atoms with Crippen LogP contribution in [0.15, 0.2) is 71.9 Å². The summed E-state index contributed by atoms with van der Waals surface area (Å²) in [5.41, 5.74) is 2.81. The maximum Gasteiger partial charge on any atom is 0.416 e. The van der Waals surface area contributed by atoms with Crippen molar-refractivity contribution in [2.45, 2.75) is 30.2 Å². The van der Waals surface area contributed by atoms with Gasteiger partial charge in [-0.3, -0.25) is 0 Å². The molecule has 0 unspecified atom stereocenters. The zero-order chi connectivity index (χ0) is 19.6.